The van der Waals surface area contributed by atoms with Crippen molar-refractivity contribution in [3.63, 3.8) is 0 Å². The van der Waals surface area contributed by atoms with Crippen molar-refractivity contribution in [2.45, 2.75) is 20.3 Å². The van der Waals surface area contributed by atoms with E-state index in [0.717, 1.165) is 6.42 Å². The van der Waals surface area contributed by atoms with Gasteiger partial charge in [-0.15, -0.1) is 0 Å². The maximum atomic E-state index is 13.8. The Bertz CT molecular complexity index is 528. The summed E-state index contributed by atoms with van der Waals surface area (Å²) in [7, 11) is 0. The largest absolute Gasteiger partial charge is 0.368 e. The van der Waals surface area contributed by atoms with Gasteiger partial charge in [-0.2, -0.15) is 0 Å². The summed E-state index contributed by atoms with van der Waals surface area (Å²) in [6, 6.07) is 5.47. The minimum absolute atomic E-state index is 0.241. The van der Waals surface area contributed by atoms with Gasteiger partial charge in [0.15, 0.2) is 17.5 Å². The molecule has 0 aliphatic rings. The minimum atomic E-state index is -0.400. The molecular formula is C13H15FN4. The van der Waals surface area contributed by atoms with Crippen LogP contribution < -0.4 is 5.32 Å². The Morgan fingerprint density at radius 2 is 2.11 bits per heavy atom. The molecule has 18 heavy (non-hydrogen) atoms. The molecule has 0 saturated heterocycles. The summed E-state index contributed by atoms with van der Waals surface area (Å²) in [6.45, 7) is 4.31. The van der Waals surface area contributed by atoms with E-state index in [1.165, 1.54) is 0 Å². The fraction of sp³-hybridized carbons (Fsp3) is 0.308. The van der Waals surface area contributed by atoms with E-state index in [1.807, 2.05) is 19.1 Å². The van der Waals surface area contributed by atoms with Crippen molar-refractivity contribution in [3.8, 4) is 11.5 Å². The molecule has 5 heteroatoms. The van der Waals surface area contributed by atoms with Crippen molar-refractivity contribution < 1.29 is 4.39 Å². The highest BCUT2D eigenvalue weighted by atomic mass is 19.1. The minimum Gasteiger partial charge on any atom is -0.368 e. The van der Waals surface area contributed by atoms with E-state index in [0.29, 0.717) is 23.8 Å². The lowest BCUT2D eigenvalue weighted by Crippen LogP contribution is -2.08. The van der Waals surface area contributed by atoms with Crippen LogP contribution in [0.5, 0.6) is 0 Å². The molecule has 0 radical (unpaired) electrons. The third kappa shape index (κ3) is 2.61. The lowest BCUT2D eigenvalue weighted by Gasteiger charge is -2.09. The first-order chi connectivity index (χ1) is 8.72. The molecule has 2 rings (SSSR count). The summed E-state index contributed by atoms with van der Waals surface area (Å²) in [6.07, 6.45) is 2.57. The maximum absolute atomic E-state index is 13.8. The molecule has 0 aromatic carbocycles. The second kappa shape index (κ2) is 5.53. The van der Waals surface area contributed by atoms with E-state index in [2.05, 4.69) is 20.3 Å². The second-order valence-electron chi connectivity index (χ2n) is 3.94. The highest BCUT2D eigenvalue weighted by Gasteiger charge is 2.12. The van der Waals surface area contributed by atoms with Gasteiger partial charge in [0, 0.05) is 12.7 Å². The number of hydrogen-bond acceptors (Lipinski definition) is 4. The number of anilines is 1. The van der Waals surface area contributed by atoms with E-state index in [9.17, 15) is 4.39 Å². The van der Waals surface area contributed by atoms with Gasteiger partial charge in [0.1, 0.15) is 5.69 Å². The summed E-state index contributed by atoms with van der Waals surface area (Å²) in [5.74, 6) is 0.279. The summed E-state index contributed by atoms with van der Waals surface area (Å²) in [4.78, 5) is 12.5. The summed E-state index contributed by atoms with van der Waals surface area (Å²) >= 11 is 0. The molecule has 2 aromatic rings. The van der Waals surface area contributed by atoms with Crippen LogP contribution in [-0.4, -0.2) is 21.5 Å². The van der Waals surface area contributed by atoms with Gasteiger partial charge in [-0.25, -0.2) is 14.4 Å². The van der Waals surface area contributed by atoms with Crippen LogP contribution >= 0.6 is 0 Å². The van der Waals surface area contributed by atoms with Crippen LogP contribution in [-0.2, 0) is 0 Å². The highest BCUT2D eigenvalue weighted by molar-refractivity contribution is 5.53. The van der Waals surface area contributed by atoms with Gasteiger partial charge < -0.3 is 5.32 Å². The molecule has 0 atom stereocenters. The fourth-order valence-electron chi connectivity index (χ4n) is 1.53. The maximum Gasteiger partial charge on any atom is 0.186 e. The smallest absolute Gasteiger partial charge is 0.186 e. The molecule has 0 aliphatic heterocycles. The van der Waals surface area contributed by atoms with E-state index in [-0.39, 0.29) is 5.82 Å². The predicted octanol–water partition coefficient (Wildman–Crippen LogP) is 2.81. The number of aryl methyl sites for hydroxylation is 1. The zero-order valence-electron chi connectivity index (χ0n) is 10.4. The number of nitrogens with zero attached hydrogens (tertiary/aromatic N) is 3. The van der Waals surface area contributed by atoms with Gasteiger partial charge >= 0.3 is 0 Å². The lowest BCUT2D eigenvalue weighted by molar-refractivity contribution is 0.605. The molecule has 0 amide bonds. The first kappa shape index (κ1) is 12.4. The zero-order chi connectivity index (χ0) is 13.0. The Hall–Kier alpha value is -2.04. The van der Waals surface area contributed by atoms with E-state index < -0.39 is 5.82 Å². The molecule has 1 N–H and O–H groups in total. The average molecular weight is 246 g/mol. The van der Waals surface area contributed by atoms with Crippen LogP contribution in [0.1, 0.15) is 19.0 Å². The van der Waals surface area contributed by atoms with E-state index in [4.69, 9.17) is 0 Å². The topological polar surface area (TPSA) is 50.7 Å². The summed E-state index contributed by atoms with van der Waals surface area (Å²) in [5, 5.41) is 2.96. The number of pyridine rings is 1. The van der Waals surface area contributed by atoms with E-state index in [1.54, 1.807) is 19.2 Å². The Morgan fingerprint density at radius 1 is 1.28 bits per heavy atom. The van der Waals surface area contributed by atoms with Gasteiger partial charge in [-0.1, -0.05) is 13.0 Å². The number of rotatable bonds is 4. The van der Waals surface area contributed by atoms with Gasteiger partial charge in [0.25, 0.3) is 0 Å². The fourth-order valence-corrected chi connectivity index (χ4v) is 1.53. The second-order valence-corrected chi connectivity index (χ2v) is 3.94. The van der Waals surface area contributed by atoms with Crippen LogP contribution in [0.4, 0.5) is 10.2 Å². The molecule has 0 unspecified atom stereocenters. The third-order valence-electron chi connectivity index (χ3n) is 2.45. The lowest BCUT2D eigenvalue weighted by atomic mass is 10.3. The van der Waals surface area contributed by atoms with Gasteiger partial charge in [-0.05, 0) is 25.5 Å². The number of nitrogens with one attached hydrogen (secondary N) is 1. The van der Waals surface area contributed by atoms with Crippen molar-refractivity contribution in [2.24, 2.45) is 0 Å². The van der Waals surface area contributed by atoms with Crippen LogP contribution in [0.15, 0.2) is 24.4 Å². The molecule has 0 fully saturated rings. The van der Waals surface area contributed by atoms with Crippen molar-refractivity contribution in [1.82, 2.24) is 15.0 Å². The van der Waals surface area contributed by atoms with Crippen LogP contribution in [0.3, 0.4) is 0 Å². The SMILES string of the molecule is CCCNc1nc(-c2ccccn2)nc(C)c1F. The Balaban J connectivity index is 2.41. The molecule has 94 valence electrons. The summed E-state index contributed by atoms with van der Waals surface area (Å²) < 4.78 is 13.8. The van der Waals surface area contributed by atoms with Gasteiger partial charge in [0.2, 0.25) is 0 Å². The molecule has 4 nitrogen and oxygen atoms in total. The number of halogens is 1. The first-order valence-corrected chi connectivity index (χ1v) is 5.91. The number of hydrogen-bond donors (Lipinski definition) is 1. The number of aromatic nitrogens is 3. The van der Waals surface area contributed by atoms with Crippen molar-refractivity contribution in [3.05, 3.63) is 35.9 Å². The molecule has 2 aromatic heterocycles. The molecule has 0 saturated carbocycles. The normalized spacial score (nSPS) is 10.4. The third-order valence-corrected chi connectivity index (χ3v) is 2.45. The average Bonchev–Trinajstić information content (AvgIpc) is 2.41. The first-order valence-electron chi connectivity index (χ1n) is 5.91. The van der Waals surface area contributed by atoms with Crippen LogP contribution in [0.2, 0.25) is 0 Å². The van der Waals surface area contributed by atoms with Crippen molar-refractivity contribution in [2.75, 3.05) is 11.9 Å². The molecule has 0 bridgehead atoms. The van der Waals surface area contributed by atoms with Crippen LogP contribution in [0, 0.1) is 12.7 Å². The van der Waals surface area contributed by atoms with Crippen LogP contribution in [0.25, 0.3) is 11.5 Å². The molecule has 2 heterocycles. The molecule has 0 spiro atoms. The van der Waals surface area contributed by atoms with Crippen molar-refractivity contribution >= 4 is 5.82 Å². The van der Waals surface area contributed by atoms with Gasteiger partial charge in [-0.3, -0.25) is 4.98 Å². The standard InChI is InChI=1S/C13H15FN4/c1-3-7-16-13-11(14)9(2)17-12(18-13)10-6-4-5-8-15-10/h4-6,8H,3,7H2,1-2H3,(H,16,17,18). The van der Waals surface area contributed by atoms with Gasteiger partial charge in [0.05, 0.1) is 5.69 Å². The predicted molar refractivity (Wildman–Crippen MR) is 68.7 cm³/mol. The Labute approximate surface area is 105 Å². The molecular weight excluding hydrogens is 231 g/mol. The van der Waals surface area contributed by atoms with Crippen molar-refractivity contribution in [1.29, 1.82) is 0 Å². The highest BCUT2D eigenvalue weighted by Crippen LogP contribution is 2.19. The Morgan fingerprint density at radius 3 is 2.78 bits per heavy atom. The Kier molecular flexibility index (Phi) is 3.82. The molecule has 0 aliphatic carbocycles. The monoisotopic (exact) mass is 246 g/mol. The zero-order valence-corrected chi connectivity index (χ0v) is 10.4. The summed E-state index contributed by atoms with van der Waals surface area (Å²) in [5.41, 5.74) is 0.962. The van der Waals surface area contributed by atoms with E-state index >= 15 is 0 Å². The quantitative estimate of drug-likeness (QED) is 0.901.